The molecule has 2 heterocycles. The third kappa shape index (κ3) is 5.70. The van der Waals surface area contributed by atoms with E-state index >= 15 is 0 Å². The fourth-order valence-corrected chi connectivity index (χ4v) is 3.45. The molecule has 10 heteroatoms. The maximum absolute atomic E-state index is 12.6. The summed E-state index contributed by atoms with van der Waals surface area (Å²) in [5, 5.41) is 13.2. The first-order chi connectivity index (χ1) is 15.0. The third-order valence-corrected chi connectivity index (χ3v) is 5.20. The second-order valence-electron chi connectivity index (χ2n) is 7.12. The Kier molecular flexibility index (Phi) is 5.99. The summed E-state index contributed by atoms with van der Waals surface area (Å²) in [5.74, 6) is 0.682. The van der Waals surface area contributed by atoms with E-state index in [-0.39, 0.29) is 23.9 Å². The van der Waals surface area contributed by atoms with Gasteiger partial charge in [0.2, 0.25) is 5.91 Å². The highest BCUT2D eigenvalue weighted by atomic mass is 32.1. The number of thiazole rings is 1. The third-order valence-electron chi connectivity index (χ3n) is 4.45. The lowest BCUT2D eigenvalue weighted by Crippen LogP contribution is -2.30. The zero-order valence-electron chi connectivity index (χ0n) is 16.7. The molecule has 1 saturated carbocycles. The molecule has 0 saturated heterocycles. The van der Waals surface area contributed by atoms with Gasteiger partial charge >= 0.3 is 6.03 Å². The fourth-order valence-electron chi connectivity index (χ4n) is 2.75. The van der Waals surface area contributed by atoms with E-state index in [1.165, 1.54) is 18.3 Å². The van der Waals surface area contributed by atoms with Gasteiger partial charge in [0.05, 0.1) is 6.54 Å². The van der Waals surface area contributed by atoms with Crippen LogP contribution >= 0.6 is 11.3 Å². The van der Waals surface area contributed by atoms with Gasteiger partial charge < -0.3 is 20.4 Å². The molecule has 4 amide bonds. The number of aromatic nitrogens is 1. The maximum atomic E-state index is 12.6. The van der Waals surface area contributed by atoms with Crippen LogP contribution in [0.5, 0.6) is 0 Å². The van der Waals surface area contributed by atoms with Crippen molar-refractivity contribution in [3.05, 3.63) is 53.1 Å². The summed E-state index contributed by atoms with van der Waals surface area (Å²) in [6, 6.07) is 10.2. The highest BCUT2D eigenvalue weighted by Gasteiger charge is 2.23. The molecule has 4 N–H and O–H groups in total. The normalized spacial score (nSPS) is 12.8. The Hall–Kier alpha value is -3.66. The fraction of sp³-hybridized carbons (Fsp3) is 0.238. The van der Waals surface area contributed by atoms with Gasteiger partial charge in [0.15, 0.2) is 10.9 Å². The zero-order chi connectivity index (χ0) is 21.8. The smallest absolute Gasteiger partial charge is 0.319 e. The number of amides is 4. The maximum Gasteiger partial charge on any atom is 0.319 e. The lowest BCUT2D eigenvalue weighted by molar-refractivity contribution is -0.119. The number of urea groups is 1. The van der Waals surface area contributed by atoms with Gasteiger partial charge in [-0.1, -0.05) is 6.07 Å². The first kappa shape index (κ1) is 20.6. The van der Waals surface area contributed by atoms with Crippen LogP contribution in [0, 0.1) is 0 Å². The standard InChI is InChI=1S/C21H21N5O4S/c1-12(27)22-10-16-7-8-18(30-16)17-11-31-21(25-17)26-19(28)13-3-2-4-15(9-13)24-20(29)23-14-5-6-14/h2-4,7-9,11,14H,5-6,10H2,1H3,(H,22,27)(H2,23,24,29)(H,25,26,28). The number of nitrogens with one attached hydrogen (secondary N) is 4. The number of rotatable bonds is 7. The first-order valence-electron chi connectivity index (χ1n) is 9.74. The van der Waals surface area contributed by atoms with E-state index in [1.807, 2.05) is 0 Å². The van der Waals surface area contributed by atoms with E-state index < -0.39 is 0 Å². The first-order valence-corrected chi connectivity index (χ1v) is 10.6. The molecule has 0 unspecified atom stereocenters. The monoisotopic (exact) mass is 439 g/mol. The molecule has 160 valence electrons. The molecular formula is C21H21N5O4S. The Morgan fingerprint density at radius 3 is 2.77 bits per heavy atom. The predicted molar refractivity (Wildman–Crippen MR) is 117 cm³/mol. The van der Waals surface area contributed by atoms with Crippen molar-refractivity contribution in [1.82, 2.24) is 15.6 Å². The highest BCUT2D eigenvalue weighted by molar-refractivity contribution is 7.14. The summed E-state index contributed by atoms with van der Waals surface area (Å²) in [4.78, 5) is 39.9. The van der Waals surface area contributed by atoms with Crippen molar-refractivity contribution >= 4 is 40.0 Å². The summed E-state index contributed by atoms with van der Waals surface area (Å²) in [5.41, 5.74) is 1.52. The number of anilines is 2. The van der Waals surface area contributed by atoms with Crippen LogP contribution < -0.4 is 21.3 Å². The van der Waals surface area contributed by atoms with Crippen molar-refractivity contribution in [2.24, 2.45) is 0 Å². The van der Waals surface area contributed by atoms with Gasteiger partial charge in [0.25, 0.3) is 5.91 Å². The minimum Gasteiger partial charge on any atom is -0.458 e. The lowest BCUT2D eigenvalue weighted by Gasteiger charge is -2.08. The molecule has 1 aliphatic carbocycles. The van der Waals surface area contributed by atoms with Crippen LogP contribution in [0.3, 0.4) is 0 Å². The molecule has 4 rings (SSSR count). The Balaban J connectivity index is 1.37. The van der Waals surface area contributed by atoms with Crippen LogP contribution in [-0.2, 0) is 11.3 Å². The van der Waals surface area contributed by atoms with Crippen molar-refractivity contribution in [3.8, 4) is 11.5 Å². The van der Waals surface area contributed by atoms with Gasteiger partial charge in [-0.2, -0.15) is 0 Å². The molecule has 0 bridgehead atoms. The number of carbonyl (C=O) groups excluding carboxylic acids is 3. The van der Waals surface area contributed by atoms with E-state index in [9.17, 15) is 14.4 Å². The number of nitrogens with zero attached hydrogens (tertiary/aromatic N) is 1. The SMILES string of the molecule is CC(=O)NCc1ccc(-c2csc(NC(=O)c3cccc(NC(=O)NC4CC4)c3)n2)o1. The van der Waals surface area contributed by atoms with Crippen molar-refractivity contribution in [3.63, 3.8) is 0 Å². The molecule has 3 aromatic rings. The second kappa shape index (κ2) is 9.00. The second-order valence-corrected chi connectivity index (χ2v) is 7.98. The molecule has 1 aliphatic rings. The van der Waals surface area contributed by atoms with E-state index in [1.54, 1.807) is 41.8 Å². The van der Waals surface area contributed by atoms with Crippen LogP contribution in [0.1, 0.15) is 35.9 Å². The number of furan rings is 1. The molecule has 2 aromatic heterocycles. The van der Waals surface area contributed by atoms with Gasteiger partial charge in [-0.05, 0) is 43.2 Å². The van der Waals surface area contributed by atoms with Crippen molar-refractivity contribution in [1.29, 1.82) is 0 Å². The average Bonchev–Trinajstić information content (AvgIpc) is 3.23. The van der Waals surface area contributed by atoms with Crippen LogP contribution in [0.4, 0.5) is 15.6 Å². The summed E-state index contributed by atoms with van der Waals surface area (Å²) >= 11 is 1.27. The van der Waals surface area contributed by atoms with Gasteiger partial charge in [-0.3, -0.25) is 14.9 Å². The van der Waals surface area contributed by atoms with Crippen LogP contribution in [0.25, 0.3) is 11.5 Å². The summed E-state index contributed by atoms with van der Waals surface area (Å²) in [7, 11) is 0. The Morgan fingerprint density at radius 1 is 1.16 bits per heavy atom. The van der Waals surface area contributed by atoms with Crippen LogP contribution in [-0.4, -0.2) is 28.9 Å². The van der Waals surface area contributed by atoms with Crippen LogP contribution in [0.15, 0.2) is 46.2 Å². The topological polar surface area (TPSA) is 125 Å². The lowest BCUT2D eigenvalue weighted by atomic mass is 10.2. The summed E-state index contributed by atoms with van der Waals surface area (Å²) < 4.78 is 5.68. The quantitative estimate of drug-likeness (QED) is 0.448. The van der Waals surface area contributed by atoms with Crippen molar-refractivity contribution in [2.45, 2.75) is 32.4 Å². The summed E-state index contributed by atoms with van der Waals surface area (Å²) in [6.45, 7) is 1.74. The van der Waals surface area contributed by atoms with Gasteiger partial charge in [-0.25, -0.2) is 9.78 Å². The molecule has 9 nitrogen and oxygen atoms in total. The molecule has 0 radical (unpaired) electrons. The highest BCUT2D eigenvalue weighted by Crippen LogP contribution is 2.27. The molecule has 0 spiro atoms. The summed E-state index contributed by atoms with van der Waals surface area (Å²) in [6.07, 6.45) is 2.00. The van der Waals surface area contributed by atoms with Gasteiger partial charge in [0, 0.05) is 29.6 Å². The number of hydrogen-bond acceptors (Lipinski definition) is 6. The minimum absolute atomic E-state index is 0.139. The molecule has 0 atom stereocenters. The van der Waals surface area contributed by atoms with E-state index in [4.69, 9.17) is 4.42 Å². The number of benzene rings is 1. The molecule has 1 fully saturated rings. The Labute approximate surface area is 182 Å². The molecular weight excluding hydrogens is 418 g/mol. The Bertz CT molecular complexity index is 1120. The Morgan fingerprint density at radius 2 is 2.00 bits per heavy atom. The molecule has 31 heavy (non-hydrogen) atoms. The van der Waals surface area contributed by atoms with Gasteiger partial charge in [0.1, 0.15) is 11.5 Å². The molecule has 0 aliphatic heterocycles. The predicted octanol–water partition coefficient (Wildman–Crippen LogP) is 3.58. The number of hydrogen-bond donors (Lipinski definition) is 4. The van der Waals surface area contributed by atoms with Crippen molar-refractivity contribution in [2.75, 3.05) is 10.6 Å². The average molecular weight is 439 g/mol. The van der Waals surface area contributed by atoms with Crippen LogP contribution in [0.2, 0.25) is 0 Å². The van der Waals surface area contributed by atoms with Gasteiger partial charge in [-0.15, -0.1) is 11.3 Å². The van der Waals surface area contributed by atoms with E-state index in [0.29, 0.717) is 40.1 Å². The van der Waals surface area contributed by atoms with E-state index in [2.05, 4.69) is 26.3 Å². The molecule has 1 aromatic carbocycles. The van der Waals surface area contributed by atoms with Crippen molar-refractivity contribution < 1.29 is 18.8 Å². The van der Waals surface area contributed by atoms with E-state index in [0.717, 1.165) is 12.8 Å². The number of carbonyl (C=O) groups is 3. The minimum atomic E-state index is -0.335. The largest absolute Gasteiger partial charge is 0.458 e. The zero-order valence-corrected chi connectivity index (χ0v) is 17.5.